The Balaban J connectivity index is 0.00000280. The van der Waals surface area contributed by atoms with Gasteiger partial charge in [0, 0.05) is 39.4 Å². The minimum atomic E-state index is -0.177. The van der Waals surface area contributed by atoms with Crippen molar-refractivity contribution in [2.24, 2.45) is 4.99 Å². The van der Waals surface area contributed by atoms with E-state index in [2.05, 4.69) is 31.6 Å². The largest absolute Gasteiger partial charge is 0.357 e. The molecule has 1 fully saturated rings. The third kappa shape index (κ3) is 6.32. The molecular weight excluding hydrogens is 468 g/mol. The van der Waals surface area contributed by atoms with Crippen LogP contribution >= 0.6 is 24.0 Å². The van der Waals surface area contributed by atoms with Crippen molar-refractivity contribution < 1.29 is 4.39 Å². The third-order valence-electron chi connectivity index (χ3n) is 4.86. The Morgan fingerprint density at radius 2 is 1.75 bits per heavy atom. The number of benzene rings is 1. The molecule has 2 aromatic rings. The summed E-state index contributed by atoms with van der Waals surface area (Å²) in [5.41, 5.74) is 2.85. The number of nitrogens with one attached hydrogen (secondary N) is 2. The molecule has 0 spiro atoms. The number of rotatable bonds is 5. The van der Waals surface area contributed by atoms with Gasteiger partial charge in [0.1, 0.15) is 11.6 Å². The lowest BCUT2D eigenvalue weighted by Crippen LogP contribution is -2.36. The molecule has 1 saturated heterocycles. The Kier molecular flexibility index (Phi) is 8.95. The van der Waals surface area contributed by atoms with Gasteiger partial charge in [-0.2, -0.15) is 0 Å². The number of aryl methyl sites for hydroxylation is 1. The van der Waals surface area contributed by atoms with Crippen molar-refractivity contribution in [2.45, 2.75) is 39.3 Å². The number of hydrogen-bond acceptors (Lipinski definition) is 3. The molecule has 0 saturated carbocycles. The smallest absolute Gasteiger partial charge is 0.191 e. The predicted octanol–water partition coefficient (Wildman–Crippen LogP) is 4.00. The van der Waals surface area contributed by atoms with E-state index in [0.717, 1.165) is 24.5 Å². The highest BCUT2D eigenvalue weighted by atomic mass is 127. The van der Waals surface area contributed by atoms with Gasteiger partial charge >= 0.3 is 0 Å². The molecular formula is C21H29FIN5. The Hall–Kier alpha value is -1.90. The van der Waals surface area contributed by atoms with Gasteiger partial charge in [-0.15, -0.1) is 24.0 Å². The van der Waals surface area contributed by atoms with Gasteiger partial charge in [-0.25, -0.2) is 9.37 Å². The zero-order valence-corrected chi connectivity index (χ0v) is 18.9. The first-order valence-corrected chi connectivity index (χ1v) is 9.55. The van der Waals surface area contributed by atoms with Crippen LogP contribution in [0, 0.1) is 12.7 Å². The zero-order chi connectivity index (χ0) is 19.1. The van der Waals surface area contributed by atoms with Gasteiger partial charge in [0.05, 0.1) is 0 Å². The van der Waals surface area contributed by atoms with Crippen LogP contribution in [0.15, 0.2) is 41.5 Å². The van der Waals surface area contributed by atoms with E-state index in [4.69, 9.17) is 0 Å². The van der Waals surface area contributed by atoms with E-state index in [1.807, 2.05) is 18.3 Å². The van der Waals surface area contributed by atoms with Crippen molar-refractivity contribution in [3.8, 4) is 0 Å². The number of pyridine rings is 1. The second-order valence-corrected chi connectivity index (χ2v) is 6.93. The summed E-state index contributed by atoms with van der Waals surface area (Å²) in [5, 5.41) is 6.60. The Morgan fingerprint density at radius 3 is 2.39 bits per heavy atom. The van der Waals surface area contributed by atoms with Crippen molar-refractivity contribution in [2.75, 3.05) is 25.0 Å². The fraction of sp³-hybridized carbons (Fsp3) is 0.429. The molecule has 0 bridgehead atoms. The molecule has 152 valence electrons. The number of aliphatic imine (C=N–C) groups is 1. The van der Waals surface area contributed by atoms with Crippen molar-refractivity contribution >= 4 is 35.8 Å². The molecule has 2 N–H and O–H groups in total. The fourth-order valence-corrected chi connectivity index (χ4v) is 3.28. The summed E-state index contributed by atoms with van der Waals surface area (Å²) in [5.74, 6) is 1.59. The number of nitrogens with zero attached hydrogens (tertiary/aromatic N) is 3. The second kappa shape index (κ2) is 11.2. The highest BCUT2D eigenvalue weighted by Crippen LogP contribution is 2.18. The van der Waals surface area contributed by atoms with Gasteiger partial charge in [-0.3, -0.25) is 4.99 Å². The van der Waals surface area contributed by atoms with E-state index in [1.165, 1.54) is 30.9 Å². The van der Waals surface area contributed by atoms with E-state index in [-0.39, 0.29) is 29.8 Å². The maximum atomic E-state index is 13.4. The molecule has 5 nitrogen and oxygen atoms in total. The number of guanidine groups is 1. The van der Waals surface area contributed by atoms with E-state index in [9.17, 15) is 4.39 Å². The molecule has 3 rings (SSSR count). The Morgan fingerprint density at radius 1 is 1.07 bits per heavy atom. The van der Waals surface area contributed by atoms with E-state index >= 15 is 0 Å². The zero-order valence-electron chi connectivity index (χ0n) is 16.5. The van der Waals surface area contributed by atoms with Crippen LogP contribution in [-0.4, -0.2) is 31.1 Å². The number of aromatic nitrogens is 1. The highest BCUT2D eigenvalue weighted by molar-refractivity contribution is 14.0. The highest BCUT2D eigenvalue weighted by Gasteiger charge is 2.12. The summed E-state index contributed by atoms with van der Waals surface area (Å²) in [6.07, 6.45) is 5.67. The molecule has 0 radical (unpaired) electrons. The molecule has 0 unspecified atom stereocenters. The van der Waals surface area contributed by atoms with Crippen molar-refractivity contribution in [1.29, 1.82) is 0 Å². The SMILES string of the molecule is CN=C(NCc1ccnc(N2CCCCC2)c1)NCc1ccc(F)c(C)c1.I. The molecule has 0 atom stereocenters. The van der Waals surface area contributed by atoms with Crippen LogP contribution in [0.1, 0.15) is 36.0 Å². The maximum absolute atomic E-state index is 13.4. The van der Waals surface area contributed by atoms with E-state index in [1.54, 1.807) is 20.0 Å². The number of hydrogen-bond donors (Lipinski definition) is 2. The Bertz CT molecular complexity index is 790. The van der Waals surface area contributed by atoms with Crippen molar-refractivity contribution in [1.82, 2.24) is 15.6 Å². The van der Waals surface area contributed by atoms with Gasteiger partial charge in [-0.1, -0.05) is 12.1 Å². The van der Waals surface area contributed by atoms with Gasteiger partial charge in [0.15, 0.2) is 5.96 Å². The fourth-order valence-electron chi connectivity index (χ4n) is 3.28. The monoisotopic (exact) mass is 497 g/mol. The molecule has 1 aliphatic rings. The summed E-state index contributed by atoms with van der Waals surface area (Å²) in [6, 6.07) is 9.31. The lowest BCUT2D eigenvalue weighted by atomic mass is 10.1. The van der Waals surface area contributed by atoms with Crippen LogP contribution in [-0.2, 0) is 13.1 Å². The van der Waals surface area contributed by atoms with E-state index in [0.29, 0.717) is 24.6 Å². The van der Waals surface area contributed by atoms with Crippen molar-refractivity contribution in [3.63, 3.8) is 0 Å². The van der Waals surface area contributed by atoms with Gasteiger partial charge in [-0.05, 0) is 61.1 Å². The van der Waals surface area contributed by atoms with E-state index < -0.39 is 0 Å². The van der Waals surface area contributed by atoms with Crippen LogP contribution < -0.4 is 15.5 Å². The Labute approximate surface area is 183 Å². The lowest BCUT2D eigenvalue weighted by Gasteiger charge is -2.28. The van der Waals surface area contributed by atoms with Gasteiger partial charge < -0.3 is 15.5 Å². The molecule has 0 aliphatic carbocycles. The van der Waals surface area contributed by atoms with Crippen LogP contribution in [0.2, 0.25) is 0 Å². The van der Waals surface area contributed by atoms with Gasteiger partial charge in [0.25, 0.3) is 0 Å². The molecule has 1 aromatic heterocycles. The summed E-state index contributed by atoms with van der Waals surface area (Å²) < 4.78 is 13.4. The first kappa shape index (κ1) is 22.4. The summed E-state index contributed by atoms with van der Waals surface area (Å²) >= 11 is 0. The summed E-state index contributed by atoms with van der Waals surface area (Å²) in [4.78, 5) is 11.1. The molecule has 28 heavy (non-hydrogen) atoms. The molecule has 1 aromatic carbocycles. The number of anilines is 1. The third-order valence-corrected chi connectivity index (χ3v) is 4.86. The second-order valence-electron chi connectivity index (χ2n) is 6.93. The minimum Gasteiger partial charge on any atom is -0.357 e. The van der Waals surface area contributed by atoms with Gasteiger partial charge in [0.2, 0.25) is 0 Å². The minimum absolute atomic E-state index is 0. The predicted molar refractivity (Wildman–Crippen MR) is 124 cm³/mol. The lowest BCUT2D eigenvalue weighted by molar-refractivity contribution is 0.573. The maximum Gasteiger partial charge on any atom is 0.191 e. The van der Waals surface area contributed by atoms with Crippen LogP contribution in [0.5, 0.6) is 0 Å². The quantitative estimate of drug-likeness (QED) is 0.373. The average Bonchev–Trinajstić information content (AvgIpc) is 2.71. The number of piperidine rings is 1. The summed E-state index contributed by atoms with van der Waals surface area (Å²) in [7, 11) is 1.75. The first-order chi connectivity index (χ1) is 13.2. The normalized spacial score (nSPS) is 14.4. The average molecular weight is 497 g/mol. The standard InChI is InChI=1S/C21H28FN5.HI/c1-16-12-17(6-7-19(16)22)14-25-21(23-2)26-15-18-8-9-24-20(13-18)27-10-4-3-5-11-27;/h6-9,12-13H,3-5,10-11,14-15H2,1-2H3,(H2,23,25,26);1H. The topological polar surface area (TPSA) is 52.6 Å². The van der Waals surface area contributed by atoms with Crippen LogP contribution in [0.3, 0.4) is 0 Å². The molecule has 0 amide bonds. The molecule has 7 heteroatoms. The van der Waals surface area contributed by atoms with Crippen LogP contribution in [0.25, 0.3) is 0 Å². The number of halogens is 2. The summed E-state index contributed by atoms with van der Waals surface area (Å²) in [6.45, 7) is 5.21. The van der Waals surface area contributed by atoms with Crippen LogP contribution in [0.4, 0.5) is 10.2 Å². The first-order valence-electron chi connectivity index (χ1n) is 9.55. The molecule has 1 aliphatic heterocycles. The molecule has 2 heterocycles. The van der Waals surface area contributed by atoms with Crippen molar-refractivity contribution in [3.05, 3.63) is 59.0 Å².